The van der Waals surface area contributed by atoms with Gasteiger partial charge >= 0.3 is 0 Å². The quantitative estimate of drug-likeness (QED) is 0.874. The summed E-state index contributed by atoms with van der Waals surface area (Å²) in [6, 6.07) is 8.66. The molecule has 0 atom stereocenters. The standard InChI is InChI=1S/C16H22N4/c1-4-14-15(17)19-10-20-16(14)18-9-12-5-7-13(8-6-12)11(2)3/h5-8,10-11H,4,9H2,1-3H3,(H3,17,18,19,20). The molecule has 2 rings (SSSR count). The van der Waals surface area contributed by atoms with Gasteiger partial charge in [0, 0.05) is 12.1 Å². The van der Waals surface area contributed by atoms with Gasteiger partial charge in [0.15, 0.2) is 0 Å². The van der Waals surface area contributed by atoms with Crippen molar-refractivity contribution in [1.29, 1.82) is 0 Å². The first-order chi connectivity index (χ1) is 9.61. The molecule has 0 saturated heterocycles. The second-order valence-corrected chi connectivity index (χ2v) is 5.19. The summed E-state index contributed by atoms with van der Waals surface area (Å²) in [7, 11) is 0. The lowest BCUT2D eigenvalue weighted by Gasteiger charge is -2.12. The van der Waals surface area contributed by atoms with E-state index in [1.54, 1.807) is 0 Å². The maximum absolute atomic E-state index is 5.86. The zero-order valence-corrected chi connectivity index (χ0v) is 12.4. The molecule has 1 aromatic carbocycles. The number of nitrogens with two attached hydrogens (primary N) is 1. The number of anilines is 2. The van der Waals surface area contributed by atoms with E-state index in [2.05, 4.69) is 60.3 Å². The Labute approximate surface area is 120 Å². The van der Waals surface area contributed by atoms with E-state index in [1.807, 2.05) is 0 Å². The molecule has 4 nitrogen and oxygen atoms in total. The first-order valence-corrected chi connectivity index (χ1v) is 7.03. The van der Waals surface area contributed by atoms with Crippen molar-refractivity contribution in [3.05, 3.63) is 47.3 Å². The number of nitrogens with zero attached hydrogens (tertiary/aromatic N) is 2. The molecule has 0 unspecified atom stereocenters. The number of rotatable bonds is 5. The van der Waals surface area contributed by atoms with E-state index < -0.39 is 0 Å². The number of aromatic nitrogens is 2. The van der Waals surface area contributed by atoms with Crippen molar-refractivity contribution in [2.75, 3.05) is 11.1 Å². The highest BCUT2D eigenvalue weighted by molar-refractivity contribution is 5.55. The van der Waals surface area contributed by atoms with Gasteiger partial charge in [-0.15, -0.1) is 0 Å². The zero-order chi connectivity index (χ0) is 14.5. The molecular weight excluding hydrogens is 248 g/mol. The molecule has 0 bridgehead atoms. The number of hydrogen-bond acceptors (Lipinski definition) is 4. The van der Waals surface area contributed by atoms with Crippen LogP contribution in [0, 0.1) is 0 Å². The van der Waals surface area contributed by atoms with Crippen LogP contribution in [-0.4, -0.2) is 9.97 Å². The van der Waals surface area contributed by atoms with Crippen LogP contribution in [0.5, 0.6) is 0 Å². The SMILES string of the molecule is CCc1c(N)ncnc1NCc1ccc(C(C)C)cc1. The van der Waals surface area contributed by atoms with E-state index in [-0.39, 0.29) is 0 Å². The summed E-state index contributed by atoms with van der Waals surface area (Å²) in [6.45, 7) is 7.19. The molecule has 20 heavy (non-hydrogen) atoms. The van der Waals surface area contributed by atoms with E-state index >= 15 is 0 Å². The molecule has 1 heterocycles. The number of nitrogen functional groups attached to an aromatic ring is 1. The third-order valence-corrected chi connectivity index (χ3v) is 3.44. The van der Waals surface area contributed by atoms with Crippen LogP contribution in [0.3, 0.4) is 0 Å². The molecule has 0 amide bonds. The second-order valence-electron chi connectivity index (χ2n) is 5.19. The summed E-state index contributed by atoms with van der Waals surface area (Å²) in [5.74, 6) is 1.94. The largest absolute Gasteiger partial charge is 0.383 e. The highest BCUT2D eigenvalue weighted by atomic mass is 15.0. The van der Waals surface area contributed by atoms with E-state index in [4.69, 9.17) is 5.73 Å². The fourth-order valence-corrected chi connectivity index (χ4v) is 2.13. The Morgan fingerprint density at radius 2 is 1.85 bits per heavy atom. The van der Waals surface area contributed by atoms with Crippen molar-refractivity contribution in [3.63, 3.8) is 0 Å². The lowest BCUT2D eigenvalue weighted by Crippen LogP contribution is -2.08. The number of benzene rings is 1. The van der Waals surface area contributed by atoms with Crippen molar-refractivity contribution in [3.8, 4) is 0 Å². The predicted octanol–water partition coefficient (Wildman–Crippen LogP) is 3.36. The van der Waals surface area contributed by atoms with Crippen LogP contribution in [0.25, 0.3) is 0 Å². The van der Waals surface area contributed by atoms with E-state index in [9.17, 15) is 0 Å². The molecule has 0 aliphatic carbocycles. The third-order valence-electron chi connectivity index (χ3n) is 3.44. The van der Waals surface area contributed by atoms with E-state index in [1.165, 1.54) is 17.5 Å². The molecule has 0 aliphatic rings. The van der Waals surface area contributed by atoms with Crippen LogP contribution >= 0.6 is 0 Å². The maximum Gasteiger partial charge on any atom is 0.134 e. The highest BCUT2D eigenvalue weighted by Crippen LogP contribution is 2.19. The molecule has 0 saturated carbocycles. The minimum absolute atomic E-state index is 0.556. The van der Waals surface area contributed by atoms with Crippen LogP contribution < -0.4 is 11.1 Å². The minimum Gasteiger partial charge on any atom is -0.383 e. The Kier molecular flexibility index (Phi) is 4.56. The lowest BCUT2D eigenvalue weighted by molar-refractivity contribution is 0.865. The van der Waals surface area contributed by atoms with Crippen LogP contribution in [0.1, 0.15) is 43.4 Å². The first kappa shape index (κ1) is 14.3. The Morgan fingerprint density at radius 1 is 1.15 bits per heavy atom. The van der Waals surface area contributed by atoms with Crippen molar-refractivity contribution >= 4 is 11.6 Å². The van der Waals surface area contributed by atoms with Gasteiger partial charge in [0.2, 0.25) is 0 Å². The molecule has 4 heteroatoms. The summed E-state index contributed by atoms with van der Waals surface area (Å²) < 4.78 is 0. The average Bonchev–Trinajstić information content (AvgIpc) is 2.45. The summed E-state index contributed by atoms with van der Waals surface area (Å²) in [4.78, 5) is 8.29. The molecule has 1 aromatic heterocycles. The van der Waals surface area contributed by atoms with Gasteiger partial charge in [-0.05, 0) is 23.5 Å². The summed E-state index contributed by atoms with van der Waals surface area (Å²) in [5, 5.41) is 3.34. The van der Waals surface area contributed by atoms with Gasteiger partial charge in [-0.3, -0.25) is 0 Å². The van der Waals surface area contributed by atoms with Gasteiger partial charge < -0.3 is 11.1 Å². The van der Waals surface area contributed by atoms with E-state index in [0.29, 0.717) is 11.7 Å². The fourth-order valence-electron chi connectivity index (χ4n) is 2.13. The van der Waals surface area contributed by atoms with Crippen molar-refractivity contribution in [2.24, 2.45) is 0 Å². The topological polar surface area (TPSA) is 63.8 Å². The molecule has 0 spiro atoms. The first-order valence-electron chi connectivity index (χ1n) is 7.03. The van der Waals surface area contributed by atoms with Crippen molar-refractivity contribution in [2.45, 2.75) is 39.7 Å². The average molecular weight is 270 g/mol. The maximum atomic E-state index is 5.86. The highest BCUT2D eigenvalue weighted by Gasteiger charge is 2.06. The molecular formula is C16H22N4. The van der Waals surface area contributed by atoms with Crippen LogP contribution in [0.15, 0.2) is 30.6 Å². The number of hydrogen-bond donors (Lipinski definition) is 2. The Bertz CT molecular complexity index is 561. The Balaban J connectivity index is 2.07. The van der Waals surface area contributed by atoms with E-state index in [0.717, 1.165) is 24.3 Å². The van der Waals surface area contributed by atoms with Gasteiger partial charge in [0.25, 0.3) is 0 Å². The van der Waals surface area contributed by atoms with Crippen molar-refractivity contribution in [1.82, 2.24) is 9.97 Å². The Hall–Kier alpha value is -2.10. The zero-order valence-electron chi connectivity index (χ0n) is 12.4. The van der Waals surface area contributed by atoms with Gasteiger partial charge in [0.1, 0.15) is 18.0 Å². The van der Waals surface area contributed by atoms with Gasteiger partial charge in [0.05, 0.1) is 0 Å². The van der Waals surface area contributed by atoms with Gasteiger partial charge in [-0.1, -0.05) is 45.0 Å². The molecule has 0 fully saturated rings. The molecule has 0 radical (unpaired) electrons. The molecule has 106 valence electrons. The Morgan fingerprint density at radius 3 is 2.45 bits per heavy atom. The smallest absolute Gasteiger partial charge is 0.134 e. The van der Waals surface area contributed by atoms with Crippen LogP contribution in [0.2, 0.25) is 0 Å². The third kappa shape index (κ3) is 3.26. The summed E-state index contributed by atoms with van der Waals surface area (Å²) >= 11 is 0. The van der Waals surface area contributed by atoms with Gasteiger partial charge in [-0.2, -0.15) is 0 Å². The number of nitrogens with one attached hydrogen (secondary N) is 1. The predicted molar refractivity (Wildman–Crippen MR) is 83.7 cm³/mol. The van der Waals surface area contributed by atoms with Gasteiger partial charge in [-0.25, -0.2) is 9.97 Å². The molecule has 0 aliphatic heterocycles. The molecule has 2 aromatic rings. The van der Waals surface area contributed by atoms with Crippen LogP contribution in [-0.2, 0) is 13.0 Å². The second kappa shape index (κ2) is 6.37. The molecule has 3 N–H and O–H groups in total. The summed E-state index contributed by atoms with van der Waals surface area (Å²) in [6.07, 6.45) is 2.32. The fraction of sp³-hybridized carbons (Fsp3) is 0.375. The lowest BCUT2D eigenvalue weighted by atomic mass is 10.0. The van der Waals surface area contributed by atoms with Crippen LogP contribution in [0.4, 0.5) is 11.6 Å². The summed E-state index contributed by atoms with van der Waals surface area (Å²) in [5.41, 5.74) is 9.43. The van der Waals surface area contributed by atoms with Crippen molar-refractivity contribution < 1.29 is 0 Å². The monoisotopic (exact) mass is 270 g/mol. The minimum atomic E-state index is 0.556. The normalized spacial score (nSPS) is 10.8.